The van der Waals surface area contributed by atoms with Gasteiger partial charge >= 0.3 is 5.97 Å². The Morgan fingerprint density at radius 2 is 1.98 bits per heavy atom. The van der Waals surface area contributed by atoms with Crippen molar-refractivity contribution in [2.75, 3.05) is 38.2 Å². The first-order valence-electron chi connectivity index (χ1n) is 13.5. The molecule has 4 rings (SSSR count). The average Bonchev–Trinajstić information content (AvgIpc) is 3.39. The predicted molar refractivity (Wildman–Crippen MR) is 152 cm³/mol. The third-order valence-corrected chi connectivity index (χ3v) is 6.70. The van der Waals surface area contributed by atoms with Crippen molar-refractivity contribution in [2.45, 2.75) is 58.2 Å². The normalized spacial score (nSPS) is 14.1. The first-order valence-corrected chi connectivity index (χ1v) is 13.9. The van der Waals surface area contributed by atoms with E-state index in [1.807, 2.05) is 12.1 Å². The van der Waals surface area contributed by atoms with E-state index in [4.69, 9.17) is 25.8 Å². The molecule has 1 fully saturated rings. The highest BCUT2D eigenvalue weighted by Crippen LogP contribution is 2.37. The summed E-state index contributed by atoms with van der Waals surface area (Å²) in [4.78, 5) is 22.7. The van der Waals surface area contributed by atoms with Crippen LogP contribution < -0.4 is 14.8 Å². The van der Waals surface area contributed by atoms with Gasteiger partial charge in [-0.3, -0.25) is 9.69 Å². The Morgan fingerprint density at radius 3 is 2.67 bits per heavy atom. The van der Waals surface area contributed by atoms with E-state index in [-0.39, 0.29) is 43.4 Å². The largest absolute Gasteiger partial charge is 0.488 e. The number of benzene rings is 2. The smallest absolute Gasteiger partial charge is 0.320 e. The zero-order valence-electron chi connectivity index (χ0n) is 23.1. The molecule has 2 N–H and O–H groups in total. The summed E-state index contributed by atoms with van der Waals surface area (Å²) in [5.74, 6) is 0.708. The van der Waals surface area contributed by atoms with Crippen molar-refractivity contribution in [3.8, 4) is 11.5 Å². The number of anilines is 2. The molecule has 216 valence electrons. The Hall–Kier alpha value is -3.21. The summed E-state index contributed by atoms with van der Waals surface area (Å²) in [6.45, 7) is 6.31. The second kappa shape index (κ2) is 13.4. The van der Waals surface area contributed by atoms with Crippen molar-refractivity contribution in [3.63, 3.8) is 0 Å². The Labute approximate surface area is 238 Å². The van der Waals surface area contributed by atoms with Gasteiger partial charge < -0.3 is 24.6 Å². The van der Waals surface area contributed by atoms with E-state index in [2.05, 4.69) is 15.3 Å². The molecule has 0 amide bonds. The number of carbonyl (C=O) groups excluding carboxylic acids is 1. The first kappa shape index (κ1) is 29.8. The summed E-state index contributed by atoms with van der Waals surface area (Å²) < 4.78 is 31.3. The lowest BCUT2D eigenvalue weighted by Gasteiger charge is -2.28. The number of halogens is 2. The van der Waals surface area contributed by atoms with Crippen LogP contribution in [0.4, 0.5) is 15.9 Å². The van der Waals surface area contributed by atoms with Crippen LogP contribution in [0.3, 0.4) is 0 Å². The van der Waals surface area contributed by atoms with Crippen molar-refractivity contribution in [2.24, 2.45) is 0 Å². The van der Waals surface area contributed by atoms with Gasteiger partial charge in [-0.05, 0) is 70.7 Å². The van der Waals surface area contributed by atoms with Crippen LogP contribution in [0, 0.1) is 5.82 Å². The summed E-state index contributed by atoms with van der Waals surface area (Å²) in [6.07, 6.45) is 5.71. The minimum Gasteiger partial charge on any atom is -0.488 e. The Morgan fingerprint density at radius 1 is 1.20 bits per heavy atom. The van der Waals surface area contributed by atoms with Gasteiger partial charge in [-0.15, -0.1) is 0 Å². The summed E-state index contributed by atoms with van der Waals surface area (Å²) in [5, 5.41) is 14.2. The molecule has 1 aliphatic carbocycles. The fourth-order valence-corrected chi connectivity index (χ4v) is 4.88. The molecule has 0 bridgehead atoms. The highest BCUT2D eigenvalue weighted by Gasteiger charge is 2.23. The standard InChI is InChI=1S/C29H36ClFN4O5/c1-4-38-27(36)16-35(17-29(2,3)37)11-12-39-25-14-21-24(15-26(25)40-20-7-5-6-8-20)32-18-33-28(21)34-19-9-10-23(31)22(30)13-19/h9-10,13-15,18,20,37H,4-8,11-12,16-17H2,1-3H3,(H,32,33,34). The van der Waals surface area contributed by atoms with Crippen LogP contribution in [-0.2, 0) is 9.53 Å². The lowest BCUT2D eigenvalue weighted by molar-refractivity contribution is -0.145. The zero-order chi connectivity index (χ0) is 28.7. The maximum absolute atomic E-state index is 13.7. The van der Waals surface area contributed by atoms with Crippen LogP contribution in [0.15, 0.2) is 36.7 Å². The number of carbonyl (C=O) groups is 1. The van der Waals surface area contributed by atoms with Gasteiger partial charge in [0.2, 0.25) is 0 Å². The molecule has 0 atom stereocenters. The average molecular weight is 575 g/mol. The second-order valence-corrected chi connectivity index (χ2v) is 10.9. The van der Waals surface area contributed by atoms with Gasteiger partial charge in [0.25, 0.3) is 0 Å². The van der Waals surface area contributed by atoms with E-state index in [0.717, 1.165) is 25.7 Å². The molecule has 2 aromatic carbocycles. The van der Waals surface area contributed by atoms with Gasteiger partial charge in [0.05, 0.1) is 35.4 Å². The van der Waals surface area contributed by atoms with Crippen molar-refractivity contribution in [1.82, 2.24) is 14.9 Å². The molecule has 0 aliphatic heterocycles. The Balaban J connectivity index is 1.59. The predicted octanol–water partition coefficient (Wildman–Crippen LogP) is 5.50. The highest BCUT2D eigenvalue weighted by molar-refractivity contribution is 6.31. The van der Waals surface area contributed by atoms with E-state index < -0.39 is 11.4 Å². The number of nitrogens with one attached hydrogen (secondary N) is 1. The second-order valence-electron chi connectivity index (χ2n) is 10.5. The van der Waals surface area contributed by atoms with Gasteiger partial charge in [0, 0.05) is 30.2 Å². The number of hydrogen-bond acceptors (Lipinski definition) is 9. The number of aromatic nitrogens is 2. The van der Waals surface area contributed by atoms with Crippen LogP contribution >= 0.6 is 11.6 Å². The molecule has 0 radical (unpaired) electrons. The zero-order valence-corrected chi connectivity index (χ0v) is 23.8. The summed E-state index contributed by atoms with van der Waals surface area (Å²) >= 11 is 5.96. The van der Waals surface area contributed by atoms with Gasteiger partial charge in [0.1, 0.15) is 24.6 Å². The van der Waals surface area contributed by atoms with E-state index in [9.17, 15) is 14.3 Å². The van der Waals surface area contributed by atoms with Crippen LogP contribution in [0.5, 0.6) is 11.5 Å². The van der Waals surface area contributed by atoms with Crippen LogP contribution in [0.1, 0.15) is 46.5 Å². The minimum atomic E-state index is -1.01. The molecule has 1 aliphatic rings. The number of esters is 1. The number of rotatable bonds is 13. The molecule has 1 saturated carbocycles. The topological polar surface area (TPSA) is 106 Å². The quantitative estimate of drug-likeness (QED) is 0.256. The molecule has 11 heteroatoms. The summed E-state index contributed by atoms with van der Waals surface area (Å²) in [6, 6.07) is 8.00. The Bertz CT molecular complexity index is 1310. The number of ether oxygens (including phenoxy) is 3. The van der Waals surface area contributed by atoms with Gasteiger partial charge in [0.15, 0.2) is 11.5 Å². The van der Waals surface area contributed by atoms with Gasteiger partial charge in [-0.1, -0.05) is 11.6 Å². The number of nitrogens with zero attached hydrogens (tertiary/aromatic N) is 3. The van der Waals surface area contributed by atoms with E-state index in [0.29, 0.717) is 40.5 Å². The van der Waals surface area contributed by atoms with Crippen LogP contribution in [-0.4, -0.2) is 70.5 Å². The molecule has 3 aromatic rings. The van der Waals surface area contributed by atoms with Crippen molar-refractivity contribution >= 4 is 40.0 Å². The maximum Gasteiger partial charge on any atom is 0.320 e. The lowest BCUT2D eigenvalue weighted by Crippen LogP contribution is -2.43. The monoisotopic (exact) mass is 574 g/mol. The molecule has 1 aromatic heterocycles. The SMILES string of the molecule is CCOC(=O)CN(CCOc1cc2c(Nc3ccc(F)c(Cl)c3)ncnc2cc1OC1CCCC1)CC(C)(C)O. The molecule has 0 unspecified atom stereocenters. The maximum atomic E-state index is 13.7. The van der Waals surface area contributed by atoms with Crippen molar-refractivity contribution in [3.05, 3.63) is 47.5 Å². The van der Waals surface area contributed by atoms with E-state index in [1.165, 1.54) is 18.5 Å². The van der Waals surface area contributed by atoms with Crippen molar-refractivity contribution < 1.29 is 28.5 Å². The lowest BCUT2D eigenvalue weighted by atomic mass is 10.1. The van der Waals surface area contributed by atoms with Gasteiger partial charge in [-0.25, -0.2) is 14.4 Å². The van der Waals surface area contributed by atoms with Crippen LogP contribution in [0.25, 0.3) is 10.9 Å². The fraction of sp³-hybridized carbons (Fsp3) is 0.483. The van der Waals surface area contributed by atoms with E-state index in [1.54, 1.807) is 31.7 Å². The Kier molecular flexibility index (Phi) is 9.99. The molecule has 40 heavy (non-hydrogen) atoms. The summed E-state index contributed by atoms with van der Waals surface area (Å²) in [7, 11) is 0. The number of aliphatic hydroxyl groups is 1. The highest BCUT2D eigenvalue weighted by atomic mass is 35.5. The molecular formula is C29H36ClFN4O5. The third-order valence-electron chi connectivity index (χ3n) is 6.41. The molecular weight excluding hydrogens is 539 g/mol. The van der Waals surface area contributed by atoms with E-state index >= 15 is 0 Å². The first-order chi connectivity index (χ1) is 19.1. The fourth-order valence-electron chi connectivity index (χ4n) is 4.70. The molecule has 0 spiro atoms. The van der Waals surface area contributed by atoms with Gasteiger partial charge in [-0.2, -0.15) is 0 Å². The molecule has 0 saturated heterocycles. The third kappa shape index (κ3) is 8.39. The van der Waals surface area contributed by atoms with Crippen molar-refractivity contribution in [1.29, 1.82) is 0 Å². The number of hydrogen-bond donors (Lipinski definition) is 2. The van der Waals surface area contributed by atoms with Crippen LogP contribution in [0.2, 0.25) is 5.02 Å². The molecule has 9 nitrogen and oxygen atoms in total. The number of fused-ring (bicyclic) bond motifs is 1. The minimum absolute atomic E-state index is 0.00179. The molecule has 1 heterocycles. The summed E-state index contributed by atoms with van der Waals surface area (Å²) in [5.41, 5.74) is 0.214.